The van der Waals surface area contributed by atoms with Crippen molar-refractivity contribution in [3.63, 3.8) is 0 Å². The van der Waals surface area contributed by atoms with Gasteiger partial charge < -0.3 is 10.1 Å². The SMILES string of the molecule is COCCC(Nc1nc(C(F)F)nc2ccccc12)c1ccc(Cl)cc1. The van der Waals surface area contributed by atoms with E-state index in [4.69, 9.17) is 16.3 Å². The van der Waals surface area contributed by atoms with Gasteiger partial charge in [-0.05, 0) is 36.2 Å². The molecule has 2 aromatic carbocycles. The highest BCUT2D eigenvalue weighted by Crippen LogP contribution is 2.29. The van der Waals surface area contributed by atoms with E-state index in [1.165, 1.54) is 0 Å². The van der Waals surface area contributed by atoms with E-state index in [-0.39, 0.29) is 6.04 Å². The van der Waals surface area contributed by atoms with Gasteiger partial charge in [-0.2, -0.15) is 0 Å². The average molecular weight is 378 g/mol. The molecule has 1 N–H and O–H groups in total. The zero-order valence-corrected chi connectivity index (χ0v) is 14.9. The van der Waals surface area contributed by atoms with Crippen molar-refractivity contribution in [3.05, 3.63) is 64.9 Å². The normalized spacial score (nSPS) is 12.5. The molecule has 3 rings (SSSR count). The minimum atomic E-state index is -2.74. The second-order valence-electron chi connectivity index (χ2n) is 5.78. The summed E-state index contributed by atoms with van der Waals surface area (Å²) >= 11 is 5.97. The number of benzene rings is 2. The van der Waals surface area contributed by atoms with E-state index in [0.29, 0.717) is 34.8 Å². The zero-order valence-electron chi connectivity index (χ0n) is 14.1. The molecule has 0 radical (unpaired) electrons. The number of hydrogen-bond acceptors (Lipinski definition) is 4. The third kappa shape index (κ3) is 4.26. The minimum absolute atomic E-state index is 0.170. The molecule has 136 valence electrons. The Hall–Kier alpha value is -2.31. The number of aromatic nitrogens is 2. The van der Waals surface area contributed by atoms with E-state index in [0.717, 1.165) is 5.56 Å². The Morgan fingerprint density at radius 1 is 1.08 bits per heavy atom. The molecule has 0 aliphatic rings. The topological polar surface area (TPSA) is 47.0 Å². The number of hydrogen-bond donors (Lipinski definition) is 1. The van der Waals surface area contributed by atoms with Gasteiger partial charge in [0.25, 0.3) is 6.43 Å². The van der Waals surface area contributed by atoms with Gasteiger partial charge in [0, 0.05) is 24.1 Å². The third-order valence-electron chi connectivity index (χ3n) is 4.01. The van der Waals surface area contributed by atoms with Crippen LogP contribution in [-0.4, -0.2) is 23.7 Å². The molecule has 0 amide bonds. The lowest BCUT2D eigenvalue weighted by Crippen LogP contribution is -2.15. The van der Waals surface area contributed by atoms with E-state index in [9.17, 15) is 8.78 Å². The van der Waals surface area contributed by atoms with Crippen molar-refractivity contribution in [1.29, 1.82) is 0 Å². The summed E-state index contributed by atoms with van der Waals surface area (Å²) in [5, 5.41) is 4.60. The zero-order chi connectivity index (χ0) is 18.5. The van der Waals surface area contributed by atoms with E-state index in [1.807, 2.05) is 24.3 Å². The summed E-state index contributed by atoms with van der Waals surface area (Å²) in [7, 11) is 1.62. The number of fused-ring (bicyclic) bond motifs is 1. The van der Waals surface area contributed by atoms with Crippen molar-refractivity contribution in [3.8, 4) is 0 Å². The minimum Gasteiger partial charge on any atom is -0.385 e. The number of methoxy groups -OCH3 is 1. The van der Waals surface area contributed by atoms with Gasteiger partial charge in [-0.3, -0.25) is 0 Å². The Labute approximate surface area is 155 Å². The summed E-state index contributed by atoms with van der Waals surface area (Å²) in [5.74, 6) is -0.116. The molecule has 1 atom stereocenters. The molecule has 4 nitrogen and oxygen atoms in total. The van der Waals surface area contributed by atoms with Crippen molar-refractivity contribution in [2.75, 3.05) is 19.0 Å². The standard InChI is InChI=1S/C19H18ClF2N3O/c1-26-11-10-15(12-6-8-13(20)9-7-12)23-18-14-4-2-3-5-16(14)24-19(25-18)17(21)22/h2-9,15,17H,10-11H2,1H3,(H,23,24,25). The Kier molecular flexibility index (Phi) is 5.96. The number of ether oxygens (including phenoxy) is 1. The lowest BCUT2D eigenvalue weighted by Gasteiger charge is -2.21. The van der Waals surface area contributed by atoms with Crippen LogP contribution in [0.1, 0.15) is 30.3 Å². The van der Waals surface area contributed by atoms with Crippen LogP contribution in [0.15, 0.2) is 48.5 Å². The van der Waals surface area contributed by atoms with Crippen molar-refractivity contribution in [1.82, 2.24) is 9.97 Å². The Morgan fingerprint density at radius 2 is 1.81 bits per heavy atom. The van der Waals surface area contributed by atoms with Crippen LogP contribution in [0.5, 0.6) is 0 Å². The van der Waals surface area contributed by atoms with Gasteiger partial charge in [0.1, 0.15) is 5.82 Å². The van der Waals surface area contributed by atoms with E-state index < -0.39 is 12.2 Å². The highest BCUT2D eigenvalue weighted by atomic mass is 35.5. The highest BCUT2D eigenvalue weighted by molar-refractivity contribution is 6.30. The van der Waals surface area contributed by atoms with Gasteiger partial charge in [0.2, 0.25) is 0 Å². The van der Waals surface area contributed by atoms with E-state index in [2.05, 4.69) is 15.3 Å². The molecule has 0 aliphatic carbocycles. The van der Waals surface area contributed by atoms with Gasteiger partial charge in [-0.15, -0.1) is 0 Å². The fraction of sp³-hybridized carbons (Fsp3) is 0.263. The van der Waals surface area contributed by atoms with Crippen LogP contribution in [0, 0.1) is 0 Å². The monoisotopic (exact) mass is 377 g/mol. The lowest BCUT2D eigenvalue weighted by atomic mass is 10.0. The second-order valence-corrected chi connectivity index (χ2v) is 6.21. The maximum absolute atomic E-state index is 13.2. The summed E-state index contributed by atoms with van der Waals surface area (Å²) < 4.78 is 31.6. The van der Waals surface area contributed by atoms with Crippen LogP contribution in [-0.2, 0) is 4.74 Å². The molecule has 26 heavy (non-hydrogen) atoms. The largest absolute Gasteiger partial charge is 0.385 e. The smallest absolute Gasteiger partial charge is 0.297 e. The average Bonchev–Trinajstić information content (AvgIpc) is 2.65. The van der Waals surface area contributed by atoms with Crippen LogP contribution in [0.3, 0.4) is 0 Å². The maximum atomic E-state index is 13.2. The fourth-order valence-electron chi connectivity index (χ4n) is 2.72. The summed E-state index contributed by atoms with van der Waals surface area (Å²) in [5.41, 5.74) is 1.44. The van der Waals surface area contributed by atoms with Crippen molar-refractivity contribution in [2.45, 2.75) is 18.9 Å². The molecule has 1 heterocycles. The highest BCUT2D eigenvalue weighted by Gasteiger charge is 2.18. The summed E-state index contributed by atoms with van der Waals surface area (Å²) in [6, 6.07) is 14.3. The first kappa shape index (κ1) is 18.5. The van der Waals surface area contributed by atoms with Crippen LogP contribution in [0.25, 0.3) is 10.9 Å². The number of rotatable bonds is 7. The molecule has 3 aromatic rings. The third-order valence-corrected chi connectivity index (χ3v) is 4.26. The van der Waals surface area contributed by atoms with Gasteiger partial charge in [-0.1, -0.05) is 35.9 Å². The van der Waals surface area contributed by atoms with Gasteiger partial charge in [0.05, 0.1) is 11.6 Å². The van der Waals surface area contributed by atoms with Crippen LogP contribution in [0.2, 0.25) is 5.02 Å². The number of nitrogens with one attached hydrogen (secondary N) is 1. The first-order valence-corrected chi connectivity index (χ1v) is 8.52. The lowest BCUT2D eigenvalue weighted by molar-refractivity contribution is 0.141. The van der Waals surface area contributed by atoms with Crippen LogP contribution >= 0.6 is 11.6 Å². The first-order valence-electron chi connectivity index (χ1n) is 8.14. The molecule has 0 spiro atoms. The summed E-state index contributed by atoms with van der Waals surface area (Å²) in [6.07, 6.45) is -2.10. The molecule has 0 saturated heterocycles. The second kappa shape index (κ2) is 8.38. The molecule has 1 unspecified atom stereocenters. The first-order chi connectivity index (χ1) is 12.6. The molecule has 0 saturated carbocycles. The Bertz CT molecular complexity index is 874. The Balaban J connectivity index is 2.01. The summed E-state index contributed by atoms with van der Waals surface area (Å²) in [6.45, 7) is 0.505. The molecular formula is C19H18ClF2N3O. The number of para-hydroxylation sites is 1. The number of nitrogens with zero attached hydrogens (tertiary/aromatic N) is 2. The molecule has 1 aromatic heterocycles. The summed E-state index contributed by atoms with van der Waals surface area (Å²) in [4.78, 5) is 8.00. The number of anilines is 1. The molecular weight excluding hydrogens is 360 g/mol. The van der Waals surface area contributed by atoms with Crippen molar-refractivity contribution in [2.24, 2.45) is 0 Å². The molecule has 0 fully saturated rings. The van der Waals surface area contributed by atoms with Gasteiger partial charge in [-0.25, -0.2) is 18.7 Å². The van der Waals surface area contributed by atoms with Gasteiger partial charge >= 0.3 is 0 Å². The predicted octanol–water partition coefficient (Wildman–Crippen LogP) is 5.41. The Morgan fingerprint density at radius 3 is 2.50 bits per heavy atom. The van der Waals surface area contributed by atoms with Gasteiger partial charge in [0.15, 0.2) is 5.82 Å². The fourth-order valence-corrected chi connectivity index (χ4v) is 2.85. The van der Waals surface area contributed by atoms with E-state index in [1.54, 1.807) is 31.4 Å². The van der Waals surface area contributed by atoms with E-state index >= 15 is 0 Å². The van der Waals surface area contributed by atoms with Crippen LogP contribution in [0.4, 0.5) is 14.6 Å². The molecule has 0 bridgehead atoms. The number of alkyl halides is 2. The molecule has 0 aliphatic heterocycles. The van der Waals surface area contributed by atoms with Crippen molar-refractivity contribution >= 4 is 28.3 Å². The quantitative estimate of drug-likeness (QED) is 0.598. The molecule has 7 heteroatoms. The van der Waals surface area contributed by atoms with Crippen molar-refractivity contribution < 1.29 is 13.5 Å². The van der Waals surface area contributed by atoms with Crippen LogP contribution < -0.4 is 5.32 Å². The predicted molar refractivity (Wildman–Crippen MR) is 98.8 cm³/mol. The number of halogens is 3. The maximum Gasteiger partial charge on any atom is 0.297 e.